The molecule has 1 atom stereocenters. The first kappa shape index (κ1) is 17.0. The molecule has 0 radical (unpaired) electrons. The minimum absolute atomic E-state index is 0.163. The minimum Gasteiger partial charge on any atom is -0.354 e. The number of rotatable bonds is 4. The lowest BCUT2D eigenvalue weighted by atomic mass is 9.98. The molecular weight excluding hydrogens is 353 g/mol. The van der Waals surface area contributed by atoms with E-state index in [-0.39, 0.29) is 11.9 Å². The highest BCUT2D eigenvalue weighted by molar-refractivity contribution is 6.29. The van der Waals surface area contributed by atoms with Crippen LogP contribution in [0, 0.1) is 5.82 Å². The highest BCUT2D eigenvalue weighted by atomic mass is 35.5. The third-order valence-electron chi connectivity index (χ3n) is 4.74. The molecule has 1 fully saturated rings. The first-order chi connectivity index (χ1) is 12.7. The van der Waals surface area contributed by atoms with E-state index in [9.17, 15) is 4.39 Å². The third kappa shape index (κ3) is 3.43. The molecule has 134 valence electrons. The van der Waals surface area contributed by atoms with Crippen LogP contribution in [0.25, 0.3) is 0 Å². The molecule has 0 saturated carbocycles. The van der Waals surface area contributed by atoms with Gasteiger partial charge >= 0.3 is 0 Å². The van der Waals surface area contributed by atoms with Crippen LogP contribution in [0.5, 0.6) is 0 Å². The van der Waals surface area contributed by atoms with Crippen molar-refractivity contribution in [1.29, 1.82) is 0 Å². The Hall–Kier alpha value is -2.44. The van der Waals surface area contributed by atoms with Gasteiger partial charge in [-0.1, -0.05) is 35.9 Å². The normalized spacial score (nSPS) is 16.6. The molecule has 1 N–H and O–H groups in total. The Labute approximate surface area is 156 Å². The van der Waals surface area contributed by atoms with Crippen LogP contribution in [-0.4, -0.2) is 46.3 Å². The van der Waals surface area contributed by atoms with Gasteiger partial charge in [0.25, 0.3) is 0 Å². The molecule has 2 aromatic heterocycles. The molecule has 26 heavy (non-hydrogen) atoms. The number of piperazine rings is 1. The molecule has 1 aromatic carbocycles. The quantitative estimate of drug-likeness (QED) is 0.713. The van der Waals surface area contributed by atoms with Gasteiger partial charge in [0.2, 0.25) is 0 Å². The number of halogens is 2. The number of aromatic amines is 1. The second kappa shape index (κ2) is 7.43. The van der Waals surface area contributed by atoms with Gasteiger partial charge < -0.3 is 4.90 Å². The number of pyridine rings is 1. The molecule has 3 aromatic rings. The monoisotopic (exact) mass is 371 g/mol. The fraction of sp³-hybridized carbons (Fsp3) is 0.263. The van der Waals surface area contributed by atoms with Gasteiger partial charge in [0.05, 0.1) is 12.2 Å². The largest absolute Gasteiger partial charge is 0.354 e. The van der Waals surface area contributed by atoms with Crippen molar-refractivity contribution in [1.82, 2.24) is 20.1 Å². The highest BCUT2D eigenvalue weighted by Crippen LogP contribution is 2.31. The maximum Gasteiger partial charge on any atom is 0.131 e. The number of hydrogen-bond acceptors (Lipinski definition) is 4. The van der Waals surface area contributed by atoms with Crippen molar-refractivity contribution in [3.05, 3.63) is 77.0 Å². The van der Waals surface area contributed by atoms with Crippen molar-refractivity contribution in [2.24, 2.45) is 0 Å². The predicted molar refractivity (Wildman–Crippen MR) is 99.9 cm³/mol. The molecule has 1 aliphatic rings. The summed E-state index contributed by atoms with van der Waals surface area (Å²) in [5.41, 5.74) is 1.63. The molecule has 1 unspecified atom stereocenters. The molecule has 1 aliphatic heterocycles. The van der Waals surface area contributed by atoms with Crippen molar-refractivity contribution >= 4 is 17.4 Å². The first-order valence-electron chi connectivity index (χ1n) is 8.57. The molecule has 0 spiro atoms. The highest BCUT2D eigenvalue weighted by Gasteiger charge is 2.29. The number of anilines is 1. The van der Waals surface area contributed by atoms with E-state index in [2.05, 4.69) is 25.0 Å². The van der Waals surface area contributed by atoms with Crippen molar-refractivity contribution < 1.29 is 4.39 Å². The van der Waals surface area contributed by atoms with E-state index in [1.54, 1.807) is 18.3 Å². The molecule has 0 bridgehead atoms. The zero-order valence-electron chi connectivity index (χ0n) is 14.1. The van der Waals surface area contributed by atoms with Gasteiger partial charge in [0, 0.05) is 43.5 Å². The summed E-state index contributed by atoms with van der Waals surface area (Å²) in [6, 6.07) is 12.4. The smallest absolute Gasteiger partial charge is 0.131 e. The first-order valence-corrected chi connectivity index (χ1v) is 8.95. The van der Waals surface area contributed by atoms with Crippen LogP contribution in [0.2, 0.25) is 5.15 Å². The Morgan fingerprint density at radius 1 is 1.04 bits per heavy atom. The summed E-state index contributed by atoms with van der Waals surface area (Å²) in [4.78, 5) is 8.87. The van der Waals surface area contributed by atoms with Crippen LogP contribution < -0.4 is 4.90 Å². The van der Waals surface area contributed by atoms with E-state index in [4.69, 9.17) is 11.6 Å². The Kier molecular flexibility index (Phi) is 4.86. The van der Waals surface area contributed by atoms with Gasteiger partial charge in [-0.3, -0.25) is 10.00 Å². The van der Waals surface area contributed by atoms with E-state index in [0.29, 0.717) is 10.7 Å². The summed E-state index contributed by atoms with van der Waals surface area (Å²) < 4.78 is 14.5. The molecule has 0 amide bonds. The minimum atomic E-state index is -0.197. The van der Waals surface area contributed by atoms with Crippen LogP contribution in [-0.2, 0) is 0 Å². The van der Waals surface area contributed by atoms with Gasteiger partial charge in [-0.15, -0.1) is 0 Å². The van der Waals surface area contributed by atoms with Crippen LogP contribution in [0.15, 0.2) is 54.9 Å². The van der Waals surface area contributed by atoms with Crippen LogP contribution >= 0.6 is 11.6 Å². The van der Waals surface area contributed by atoms with Crippen LogP contribution in [0.4, 0.5) is 10.2 Å². The van der Waals surface area contributed by atoms with E-state index >= 15 is 0 Å². The second-order valence-corrected chi connectivity index (χ2v) is 6.68. The number of nitrogens with one attached hydrogen (secondary N) is 1. The lowest BCUT2D eigenvalue weighted by Crippen LogP contribution is -2.48. The topological polar surface area (TPSA) is 48.1 Å². The SMILES string of the molecule is Fc1ccccc1C(c1cn[nH]c1)N1CCN(c2cccc(Cl)n2)CC1. The number of H-pyrrole nitrogens is 1. The molecule has 7 heteroatoms. The van der Waals surface area contributed by atoms with E-state index < -0.39 is 0 Å². The van der Waals surface area contributed by atoms with Gasteiger partial charge in [-0.2, -0.15) is 5.10 Å². The lowest BCUT2D eigenvalue weighted by Gasteiger charge is -2.39. The summed E-state index contributed by atoms with van der Waals surface area (Å²) in [7, 11) is 0. The summed E-state index contributed by atoms with van der Waals surface area (Å²) >= 11 is 6.01. The third-order valence-corrected chi connectivity index (χ3v) is 4.95. The molecule has 3 heterocycles. The van der Waals surface area contributed by atoms with E-state index in [1.165, 1.54) is 6.07 Å². The summed E-state index contributed by atoms with van der Waals surface area (Å²) in [6.45, 7) is 3.18. The van der Waals surface area contributed by atoms with Gasteiger partial charge in [0.1, 0.15) is 16.8 Å². The van der Waals surface area contributed by atoms with Crippen molar-refractivity contribution in [3.8, 4) is 0 Å². The maximum absolute atomic E-state index is 14.5. The predicted octanol–water partition coefficient (Wildman–Crippen LogP) is 3.51. The van der Waals surface area contributed by atoms with Crippen LogP contribution in [0.1, 0.15) is 17.2 Å². The van der Waals surface area contributed by atoms with E-state index in [1.807, 2.05) is 30.5 Å². The Balaban J connectivity index is 1.56. The maximum atomic E-state index is 14.5. The number of nitrogens with zero attached hydrogens (tertiary/aromatic N) is 4. The molecule has 0 aliphatic carbocycles. The zero-order chi connectivity index (χ0) is 17.9. The van der Waals surface area contributed by atoms with Gasteiger partial charge in [-0.25, -0.2) is 9.37 Å². The molecular formula is C19H19ClFN5. The molecule has 4 rings (SSSR count). The fourth-order valence-electron chi connectivity index (χ4n) is 3.48. The Morgan fingerprint density at radius 2 is 1.85 bits per heavy atom. The van der Waals surface area contributed by atoms with Crippen LogP contribution in [0.3, 0.4) is 0 Å². The van der Waals surface area contributed by atoms with Crippen molar-refractivity contribution in [2.75, 3.05) is 31.1 Å². The van der Waals surface area contributed by atoms with Gasteiger partial charge in [-0.05, 0) is 18.2 Å². The number of benzene rings is 1. The number of hydrogen-bond donors (Lipinski definition) is 1. The van der Waals surface area contributed by atoms with E-state index in [0.717, 1.165) is 37.6 Å². The van der Waals surface area contributed by atoms with Gasteiger partial charge in [0.15, 0.2) is 0 Å². The fourth-order valence-corrected chi connectivity index (χ4v) is 3.64. The standard InChI is InChI=1S/C19H19ClFN5/c20-17-6-3-7-18(24-17)25-8-10-26(11-9-25)19(14-12-22-23-13-14)15-4-1-2-5-16(15)21/h1-7,12-13,19H,8-11H2,(H,22,23). The average molecular weight is 372 g/mol. The zero-order valence-corrected chi connectivity index (χ0v) is 14.9. The Bertz CT molecular complexity index is 862. The summed E-state index contributed by atoms with van der Waals surface area (Å²) in [5.74, 6) is 0.681. The second-order valence-electron chi connectivity index (χ2n) is 6.30. The van der Waals surface area contributed by atoms with Crippen molar-refractivity contribution in [3.63, 3.8) is 0 Å². The summed E-state index contributed by atoms with van der Waals surface area (Å²) in [6.07, 6.45) is 3.60. The number of aromatic nitrogens is 3. The van der Waals surface area contributed by atoms with Crippen molar-refractivity contribution in [2.45, 2.75) is 6.04 Å². The average Bonchev–Trinajstić information content (AvgIpc) is 3.18. The molecule has 5 nitrogen and oxygen atoms in total. The summed E-state index contributed by atoms with van der Waals surface area (Å²) in [5, 5.41) is 7.39. The lowest BCUT2D eigenvalue weighted by molar-refractivity contribution is 0.208. The molecule has 1 saturated heterocycles. The Morgan fingerprint density at radius 3 is 2.54 bits per heavy atom.